The second kappa shape index (κ2) is 10.9. The molecule has 0 spiro atoms. The Kier molecular flexibility index (Phi) is 7.44. The molecule has 4 rings (SSSR count). The number of hydrogen-bond acceptors (Lipinski definition) is 8. The quantitative estimate of drug-likeness (QED) is 0.499. The number of nitrogens with one attached hydrogen (secondary N) is 2. The first-order chi connectivity index (χ1) is 16.6. The number of carbonyl (C=O) groups is 2. The van der Waals surface area contributed by atoms with Gasteiger partial charge < -0.3 is 24.6 Å². The SMILES string of the molecule is COc1cccc(CCC(=O)Nc2sc3c(c2C#N)CCC(OC(=O)NCc2ccno2)C3)c1. The topological polar surface area (TPSA) is 126 Å². The summed E-state index contributed by atoms with van der Waals surface area (Å²) in [5.41, 5.74) is 2.43. The van der Waals surface area contributed by atoms with Crippen molar-refractivity contribution >= 4 is 28.3 Å². The summed E-state index contributed by atoms with van der Waals surface area (Å²) in [7, 11) is 1.61. The molecule has 3 aromatic rings. The van der Waals surface area contributed by atoms with E-state index >= 15 is 0 Å². The van der Waals surface area contributed by atoms with Gasteiger partial charge in [-0.05, 0) is 42.5 Å². The summed E-state index contributed by atoms with van der Waals surface area (Å²) in [6.45, 7) is 0.195. The number of thiophene rings is 1. The number of carbonyl (C=O) groups excluding carboxylic acids is 2. The Hall–Kier alpha value is -3.84. The highest BCUT2D eigenvalue weighted by molar-refractivity contribution is 7.16. The minimum absolute atomic E-state index is 0.155. The standard InChI is InChI=1S/C24H24N4O5S/c1-31-16-4-2-3-15(11-16)5-8-22(29)28-23-20(13-25)19-7-6-17(12-21(19)34-23)32-24(30)26-14-18-9-10-27-33-18/h2-4,9-11,17H,5-8,12,14H2,1H3,(H,26,30)(H,28,29). The normalized spacial score (nSPS) is 14.5. The molecule has 9 nitrogen and oxygen atoms in total. The smallest absolute Gasteiger partial charge is 0.407 e. The fourth-order valence-electron chi connectivity index (χ4n) is 3.82. The van der Waals surface area contributed by atoms with Gasteiger partial charge in [-0.3, -0.25) is 4.79 Å². The molecular weight excluding hydrogens is 456 g/mol. The molecular formula is C24H24N4O5S. The lowest BCUT2D eigenvalue weighted by Gasteiger charge is -2.22. The van der Waals surface area contributed by atoms with E-state index in [1.807, 2.05) is 24.3 Å². The Labute approximate surface area is 200 Å². The van der Waals surface area contributed by atoms with Crippen LogP contribution in [0.1, 0.15) is 40.2 Å². The van der Waals surface area contributed by atoms with Crippen LogP contribution in [0.2, 0.25) is 0 Å². The van der Waals surface area contributed by atoms with E-state index < -0.39 is 6.09 Å². The minimum atomic E-state index is -0.534. The molecule has 1 aliphatic rings. The van der Waals surface area contributed by atoms with E-state index in [0.29, 0.717) is 42.0 Å². The molecule has 1 aliphatic carbocycles. The zero-order valence-corrected chi connectivity index (χ0v) is 19.4. The van der Waals surface area contributed by atoms with Crippen molar-refractivity contribution in [1.29, 1.82) is 5.26 Å². The van der Waals surface area contributed by atoms with Gasteiger partial charge in [-0.15, -0.1) is 11.3 Å². The molecule has 1 atom stereocenters. The van der Waals surface area contributed by atoms with Crippen molar-refractivity contribution in [2.24, 2.45) is 0 Å². The van der Waals surface area contributed by atoms with Crippen LogP contribution in [0.4, 0.5) is 9.80 Å². The zero-order chi connectivity index (χ0) is 23.9. The van der Waals surface area contributed by atoms with Crippen molar-refractivity contribution in [2.45, 2.75) is 44.8 Å². The summed E-state index contributed by atoms with van der Waals surface area (Å²) < 4.78 is 15.7. The van der Waals surface area contributed by atoms with Crippen molar-refractivity contribution in [3.05, 3.63) is 63.9 Å². The summed E-state index contributed by atoms with van der Waals surface area (Å²) in [5.74, 6) is 1.13. The van der Waals surface area contributed by atoms with Gasteiger partial charge in [0.2, 0.25) is 5.91 Å². The van der Waals surface area contributed by atoms with E-state index in [1.54, 1.807) is 13.2 Å². The van der Waals surface area contributed by atoms with E-state index in [4.69, 9.17) is 14.0 Å². The number of aryl methyl sites for hydroxylation is 1. The molecule has 1 aromatic carbocycles. The molecule has 0 saturated heterocycles. The fourth-order valence-corrected chi connectivity index (χ4v) is 5.10. The predicted molar refractivity (Wildman–Crippen MR) is 125 cm³/mol. The van der Waals surface area contributed by atoms with Gasteiger partial charge in [-0.25, -0.2) is 4.79 Å². The zero-order valence-electron chi connectivity index (χ0n) is 18.6. The van der Waals surface area contributed by atoms with Gasteiger partial charge in [0.1, 0.15) is 22.9 Å². The third kappa shape index (κ3) is 5.74. The van der Waals surface area contributed by atoms with Crippen molar-refractivity contribution in [3.63, 3.8) is 0 Å². The van der Waals surface area contributed by atoms with Crippen LogP contribution < -0.4 is 15.4 Å². The van der Waals surface area contributed by atoms with Crippen LogP contribution in [-0.4, -0.2) is 30.4 Å². The largest absolute Gasteiger partial charge is 0.497 e. The lowest BCUT2D eigenvalue weighted by Crippen LogP contribution is -2.31. The highest BCUT2D eigenvalue weighted by Crippen LogP contribution is 2.38. The maximum Gasteiger partial charge on any atom is 0.407 e. The number of rotatable bonds is 8. The molecule has 10 heteroatoms. The van der Waals surface area contributed by atoms with E-state index in [1.165, 1.54) is 17.5 Å². The number of ether oxygens (including phenoxy) is 2. The van der Waals surface area contributed by atoms with E-state index in [2.05, 4.69) is 21.9 Å². The number of anilines is 1. The van der Waals surface area contributed by atoms with Crippen molar-refractivity contribution < 1.29 is 23.6 Å². The van der Waals surface area contributed by atoms with Crippen LogP contribution >= 0.6 is 11.3 Å². The highest BCUT2D eigenvalue weighted by atomic mass is 32.1. The van der Waals surface area contributed by atoms with Crippen LogP contribution in [0.3, 0.4) is 0 Å². The first-order valence-corrected chi connectivity index (χ1v) is 11.7. The van der Waals surface area contributed by atoms with Crippen LogP contribution in [0.5, 0.6) is 5.75 Å². The molecule has 0 fully saturated rings. The number of nitrogens with zero attached hydrogens (tertiary/aromatic N) is 2. The van der Waals surface area contributed by atoms with Gasteiger partial charge in [0.25, 0.3) is 0 Å². The predicted octanol–water partition coefficient (Wildman–Crippen LogP) is 3.97. The number of benzene rings is 1. The van der Waals surface area contributed by atoms with Gasteiger partial charge in [-0.2, -0.15) is 5.26 Å². The highest BCUT2D eigenvalue weighted by Gasteiger charge is 2.28. The van der Waals surface area contributed by atoms with E-state index in [9.17, 15) is 14.9 Å². The second-order valence-corrected chi connectivity index (χ2v) is 8.93. The van der Waals surface area contributed by atoms with Gasteiger partial charge in [-0.1, -0.05) is 17.3 Å². The molecule has 0 saturated carbocycles. The van der Waals surface area contributed by atoms with Gasteiger partial charge >= 0.3 is 6.09 Å². The minimum Gasteiger partial charge on any atom is -0.497 e. The summed E-state index contributed by atoms with van der Waals surface area (Å²) in [5, 5.41) is 19.4. The summed E-state index contributed by atoms with van der Waals surface area (Å²) in [6.07, 6.45) is 3.24. The van der Waals surface area contributed by atoms with Crippen LogP contribution in [-0.2, 0) is 35.3 Å². The maximum absolute atomic E-state index is 12.6. The molecule has 0 radical (unpaired) electrons. The Morgan fingerprint density at radius 3 is 3.00 bits per heavy atom. The molecule has 0 aliphatic heterocycles. The molecule has 2 amide bonds. The number of amides is 2. The summed E-state index contributed by atoms with van der Waals surface area (Å²) in [6, 6.07) is 11.5. The first kappa shape index (κ1) is 23.3. The Morgan fingerprint density at radius 1 is 1.35 bits per heavy atom. The third-order valence-corrected chi connectivity index (χ3v) is 6.70. The lowest BCUT2D eigenvalue weighted by molar-refractivity contribution is -0.116. The van der Waals surface area contributed by atoms with Crippen LogP contribution in [0.15, 0.2) is 41.1 Å². The molecule has 2 N–H and O–H groups in total. The molecule has 1 unspecified atom stereocenters. The Bertz CT molecular complexity index is 1200. The number of hydrogen-bond donors (Lipinski definition) is 2. The number of aromatic nitrogens is 1. The molecule has 2 aromatic heterocycles. The van der Waals surface area contributed by atoms with Crippen molar-refractivity contribution in [3.8, 4) is 11.8 Å². The first-order valence-electron chi connectivity index (χ1n) is 10.9. The van der Waals surface area contributed by atoms with E-state index in [0.717, 1.165) is 21.8 Å². The average Bonchev–Trinajstić information content (AvgIpc) is 3.48. The van der Waals surface area contributed by atoms with Gasteiger partial charge in [0.05, 0.1) is 25.4 Å². The van der Waals surface area contributed by atoms with Crippen molar-refractivity contribution in [1.82, 2.24) is 10.5 Å². The van der Waals surface area contributed by atoms with Crippen molar-refractivity contribution in [2.75, 3.05) is 12.4 Å². The Morgan fingerprint density at radius 2 is 2.24 bits per heavy atom. The second-order valence-electron chi connectivity index (χ2n) is 7.82. The Balaban J connectivity index is 1.33. The number of methoxy groups -OCH3 is 1. The molecule has 0 bridgehead atoms. The maximum atomic E-state index is 12.6. The summed E-state index contributed by atoms with van der Waals surface area (Å²) in [4.78, 5) is 25.6. The van der Waals surface area contributed by atoms with Crippen LogP contribution in [0.25, 0.3) is 0 Å². The van der Waals surface area contributed by atoms with Gasteiger partial charge in [0, 0.05) is 23.8 Å². The molecule has 34 heavy (non-hydrogen) atoms. The number of alkyl carbamates (subject to hydrolysis) is 1. The summed E-state index contributed by atoms with van der Waals surface area (Å²) >= 11 is 1.38. The average molecular weight is 481 g/mol. The number of nitriles is 1. The van der Waals surface area contributed by atoms with Crippen LogP contribution in [0, 0.1) is 11.3 Å². The third-order valence-electron chi connectivity index (χ3n) is 5.53. The van der Waals surface area contributed by atoms with Gasteiger partial charge in [0.15, 0.2) is 5.76 Å². The molecule has 2 heterocycles. The monoisotopic (exact) mass is 480 g/mol. The number of fused-ring (bicyclic) bond motifs is 1. The molecule has 176 valence electrons. The fraction of sp³-hybridized carbons (Fsp3) is 0.333. The lowest BCUT2D eigenvalue weighted by atomic mass is 9.94. The van der Waals surface area contributed by atoms with E-state index in [-0.39, 0.29) is 25.0 Å².